The van der Waals surface area contributed by atoms with Gasteiger partial charge in [0.05, 0.1) is 8.42 Å². The van der Waals surface area contributed by atoms with Gasteiger partial charge in [0.15, 0.2) is 0 Å². The summed E-state index contributed by atoms with van der Waals surface area (Å²) in [6.07, 6.45) is 0. The van der Waals surface area contributed by atoms with Crippen LogP contribution in [0.2, 0.25) is 0 Å². The van der Waals surface area contributed by atoms with Crippen molar-refractivity contribution in [2.24, 2.45) is 0 Å². The Labute approximate surface area is 183 Å². The molecule has 0 unspecified atom stereocenters. The minimum Gasteiger partial charge on any atom is -0.136 e. The van der Waals surface area contributed by atoms with E-state index in [-0.39, 0.29) is 0 Å². The zero-order valence-electron chi connectivity index (χ0n) is 15.6. The Morgan fingerprint density at radius 2 is 1.10 bits per heavy atom. The fourth-order valence-corrected chi connectivity index (χ4v) is 6.88. The predicted octanol–water partition coefficient (Wildman–Crippen LogP) is 8.96. The molecule has 3 heteroatoms. The molecule has 0 saturated heterocycles. The van der Waals surface area contributed by atoms with Crippen molar-refractivity contribution >= 4 is 34.4 Å². The maximum atomic E-state index is 2.31. The highest BCUT2D eigenvalue weighted by Gasteiger charge is 2.17. The molecule has 3 aromatic carbocycles. The first kappa shape index (κ1) is 18.4. The molecule has 0 atom stereocenters. The second kappa shape index (κ2) is 8.42. The summed E-state index contributed by atoms with van der Waals surface area (Å²) in [4.78, 5) is 0. The Kier molecular flexibility index (Phi) is 5.35. The van der Waals surface area contributed by atoms with Crippen molar-refractivity contribution in [2.75, 3.05) is 0 Å². The standard InChI is InChI=1S/C26H18S3/c1-4-10-19(11-5-1)22-16-24(27-17-22)29-26-25(21-14-8-3-9-15-21)23(18-28-26)20-12-6-2-7-13-20/h1-18H. The van der Waals surface area contributed by atoms with Crippen molar-refractivity contribution in [3.8, 4) is 33.4 Å². The van der Waals surface area contributed by atoms with Gasteiger partial charge in [-0.05, 0) is 33.7 Å². The number of hydrogen-bond donors (Lipinski definition) is 0. The Morgan fingerprint density at radius 1 is 0.517 bits per heavy atom. The minimum atomic E-state index is 1.27. The normalized spacial score (nSPS) is 10.9. The Hall–Kier alpha value is -2.59. The summed E-state index contributed by atoms with van der Waals surface area (Å²) in [7, 11) is 0. The van der Waals surface area contributed by atoms with Gasteiger partial charge in [0.2, 0.25) is 0 Å². The maximum absolute atomic E-state index is 2.31. The number of thiophene rings is 2. The second-order valence-electron chi connectivity index (χ2n) is 6.67. The summed E-state index contributed by atoms with van der Waals surface area (Å²) in [6, 6.07) is 34.3. The first-order valence-corrected chi connectivity index (χ1v) is 12.0. The molecule has 29 heavy (non-hydrogen) atoms. The van der Waals surface area contributed by atoms with Crippen LogP contribution in [0.25, 0.3) is 33.4 Å². The van der Waals surface area contributed by atoms with E-state index in [0.29, 0.717) is 0 Å². The third-order valence-electron chi connectivity index (χ3n) is 4.78. The maximum Gasteiger partial charge on any atom is 0.0739 e. The van der Waals surface area contributed by atoms with Gasteiger partial charge in [0.1, 0.15) is 0 Å². The lowest BCUT2D eigenvalue weighted by Gasteiger charge is -2.08. The van der Waals surface area contributed by atoms with Gasteiger partial charge in [-0.1, -0.05) is 103 Å². The van der Waals surface area contributed by atoms with E-state index in [1.54, 1.807) is 0 Å². The molecule has 0 bridgehead atoms. The molecule has 140 valence electrons. The van der Waals surface area contributed by atoms with Gasteiger partial charge in [-0.25, -0.2) is 0 Å². The SMILES string of the molecule is c1ccc(-c2csc(Sc3scc(-c4ccccc4)c3-c3ccccc3)c2)cc1. The quantitative estimate of drug-likeness (QED) is 0.270. The Balaban J connectivity index is 1.54. The topological polar surface area (TPSA) is 0 Å². The summed E-state index contributed by atoms with van der Waals surface area (Å²) in [5.41, 5.74) is 7.75. The van der Waals surface area contributed by atoms with E-state index < -0.39 is 0 Å². The summed E-state index contributed by atoms with van der Waals surface area (Å²) >= 11 is 5.53. The van der Waals surface area contributed by atoms with Gasteiger partial charge >= 0.3 is 0 Å². The molecule has 0 aliphatic heterocycles. The fraction of sp³-hybridized carbons (Fsp3) is 0. The third kappa shape index (κ3) is 3.95. The molecule has 0 aliphatic rings. The van der Waals surface area contributed by atoms with Gasteiger partial charge in [-0.2, -0.15) is 0 Å². The van der Waals surface area contributed by atoms with Crippen molar-refractivity contribution in [2.45, 2.75) is 8.42 Å². The smallest absolute Gasteiger partial charge is 0.0739 e. The van der Waals surface area contributed by atoms with Crippen LogP contribution in [0.5, 0.6) is 0 Å². The molecule has 5 rings (SSSR count). The van der Waals surface area contributed by atoms with Gasteiger partial charge in [0, 0.05) is 16.5 Å². The van der Waals surface area contributed by atoms with E-state index in [0.717, 1.165) is 0 Å². The molecular formula is C26H18S3. The van der Waals surface area contributed by atoms with Gasteiger partial charge in [-0.15, -0.1) is 22.7 Å². The van der Waals surface area contributed by atoms with Gasteiger partial charge < -0.3 is 0 Å². The van der Waals surface area contributed by atoms with Crippen molar-refractivity contribution in [1.29, 1.82) is 0 Å². The van der Waals surface area contributed by atoms with Crippen molar-refractivity contribution in [1.82, 2.24) is 0 Å². The lowest BCUT2D eigenvalue weighted by molar-refractivity contribution is 1.57. The van der Waals surface area contributed by atoms with Crippen molar-refractivity contribution in [3.63, 3.8) is 0 Å². The van der Waals surface area contributed by atoms with Crippen molar-refractivity contribution in [3.05, 3.63) is 108 Å². The van der Waals surface area contributed by atoms with Gasteiger partial charge in [-0.3, -0.25) is 0 Å². The van der Waals surface area contributed by atoms with Crippen LogP contribution in [0, 0.1) is 0 Å². The molecule has 0 N–H and O–H groups in total. The molecule has 0 nitrogen and oxygen atoms in total. The number of rotatable bonds is 5. The summed E-state index contributed by atoms with van der Waals surface area (Å²) in [6.45, 7) is 0. The monoisotopic (exact) mass is 426 g/mol. The van der Waals surface area contributed by atoms with E-state index in [4.69, 9.17) is 0 Å². The first-order valence-electron chi connectivity index (χ1n) is 9.42. The summed E-state index contributed by atoms with van der Waals surface area (Å²) < 4.78 is 2.67. The Bertz CT molecular complexity index is 1200. The summed E-state index contributed by atoms with van der Waals surface area (Å²) in [5.74, 6) is 0. The molecule has 0 aliphatic carbocycles. The third-order valence-corrected chi connectivity index (χ3v) is 8.06. The Morgan fingerprint density at radius 3 is 1.76 bits per heavy atom. The molecule has 0 saturated carbocycles. The molecule has 0 radical (unpaired) electrons. The fourth-order valence-electron chi connectivity index (χ4n) is 3.37. The highest BCUT2D eigenvalue weighted by atomic mass is 32.2. The zero-order chi connectivity index (χ0) is 19.5. The highest BCUT2D eigenvalue weighted by molar-refractivity contribution is 8.03. The molecule has 0 spiro atoms. The summed E-state index contributed by atoms with van der Waals surface area (Å²) in [5, 5.41) is 4.55. The first-order chi connectivity index (χ1) is 14.4. The van der Waals surface area contributed by atoms with Crippen LogP contribution in [0.3, 0.4) is 0 Å². The average molecular weight is 427 g/mol. The van der Waals surface area contributed by atoms with Gasteiger partial charge in [0.25, 0.3) is 0 Å². The second-order valence-corrected chi connectivity index (χ2v) is 10.0. The van der Waals surface area contributed by atoms with Crippen LogP contribution in [0.4, 0.5) is 0 Å². The van der Waals surface area contributed by atoms with E-state index >= 15 is 0 Å². The average Bonchev–Trinajstić information content (AvgIpc) is 3.43. The molecule has 0 fully saturated rings. The van der Waals surface area contributed by atoms with E-state index in [2.05, 4.69) is 108 Å². The van der Waals surface area contributed by atoms with Crippen LogP contribution in [0.15, 0.2) is 116 Å². The van der Waals surface area contributed by atoms with Crippen LogP contribution in [0.1, 0.15) is 0 Å². The molecular weight excluding hydrogens is 408 g/mol. The highest BCUT2D eigenvalue weighted by Crippen LogP contribution is 2.48. The lowest BCUT2D eigenvalue weighted by Crippen LogP contribution is -1.81. The minimum absolute atomic E-state index is 1.27. The van der Waals surface area contributed by atoms with E-state index in [1.807, 2.05) is 34.4 Å². The van der Waals surface area contributed by atoms with Crippen LogP contribution in [-0.4, -0.2) is 0 Å². The van der Waals surface area contributed by atoms with Crippen LogP contribution in [-0.2, 0) is 0 Å². The molecule has 5 aromatic rings. The molecule has 0 amide bonds. The largest absolute Gasteiger partial charge is 0.136 e. The van der Waals surface area contributed by atoms with E-state index in [1.165, 1.54) is 41.8 Å². The van der Waals surface area contributed by atoms with Crippen LogP contribution < -0.4 is 0 Å². The van der Waals surface area contributed by atoms with E-state index in [9.17, 15) is 0 Å². The molecule has 2 heterocycles. The lowest BCUT2D eigenvalue weighted by atomic mass is 9.99. The number of benzene rings is 3. The van der Waals surface area contributed by atoms with Crippen molar-refractivity contribution < 1.29 is 0 Å². The predicted molar refractivity (Wildman–Crippen MR) is 129 cm³/mol. The number of hydrogen-bond acceptors (Lipinski definition) is 3. The van der Waals surface area contributed by atoms with Crippen LogP contribution >= 0.6 is 34.4 Å². The zero-order valence-corrected chi connectivity index (χ0v) is 18.1. The molecule has 2 aromatic heterocycles.